The zero-order valence-corrected chi connectivity index (χ0v) is 10.9. The van der Waals surface area contributed by atoms with Crippen LogP contribution in [0.5, 0.6) is 0 Å². The highest BCUT2D eigenvalue weighted by Crippen LogP contribution is 2.33. The molecule has 1 heterocycles. The molecule has 1 aromatic rings. The van der Waals surface area contributed by atoms with E-state index in [4.69, 9.17) is 27.9 Å². The summed E-state index contributed by atoms with van der Waals surface area (Å²) < 4.78 is 5.12. The smallest absolute Gasteiger partial charge is 0.235 e. The second-order valence-electron chi connectivity index (χ2n) is 4.21. The first-order chi connectivity index (χ1) is 8.07. The number of carbonyl (C=O) groups is 1. The third kappa shape index (κ3) is 2.41. The van der Waals surface area contributed by atoms with Crippen LogP contribution < -0.4 is 5.32 Å². The zero-order chi connectivity index (χ0) is 12.5. The van der Waals surface area contributed by atoms with Crippen LogP contribution in [0.3, 0.4) is 0 Å². The lowest BCUT2D eigenvalue weighted by atomic mass is 9.82. The molecule has 0 aromatic heterocycles. The normalized spacial score (nSPS) is 17.4. The molecule has 0 radical (unpaired) electrons. The van der Waals surface area contributed by atoms with Crippen LogP contribution in [0.15, 0.2) is 18.2 Å². The summed E-state index contributed by atoms with van der Waals surface area (Å²) in [7, 11) is 0. The van der Waals surface area contributed by atoms with Crippen LogP contribution >= 0.6 is 23.2 Å². The van der Waals surface area contributed by atoms with E-state index >= 15 is 0 Å². The first-order valence-electron chi connectivity index (χ1n) is 5.42. The fourth-order valence-electron chi connectivity index (χ4n) is 1.68. The molecular formula is C12H13Cl2NO2. The molecule has 1 saturated heterocycles. The van der Waals surface area contributed by atoms with Gasteiger partial charge in [-0.1, -0.05) is 30.1 Å². The zero-order valence-electron chi connectivity index (χ0n) is 9.43. The Bertz CT molecular complexity index is 439. The number of amides is 1. The van der Waals surface area contributed by atoms with E-state index in [1.165, 1.54) is 0 Å². The van der Waals surface area contributed by atoms with Gasteiger partial charge in [-0.15, -0.1) is 0 Å². The van der Waals surface area contributed by atoms with Gasteiger partial charge in [-0.2, -0.15) is 0 Å². The summed E-state index contributed by atoms with van der Waals surface area (Å²) in [4.78, 5) is 12.1. The minimum Gasteiger partial charge on any atom is -0.379 e. The molecule has 1 aromatic carbocycles. The molecule has 0 atom stereocenters. The van der Waals surface area contributed by atoms with E-state index in [0.717, 1.165) is 6.42 Å². The fourth-order valence-corrected chi connectivity index (χ4v) is 1.98. The van der Waals surface area contributed by atoms with E-state index in [1.807, 2.05) is 6.92 Å². The first-order valence-corrected chi connectivity index (χ1v) is 6.17. The van der Waals surface area contributed by atoms with E-state index in [2.05, 4.69) is 5.32 Å². The van der Waals surface area contributed by atoms with Gasteiger partial charge in [0.2, 0.25) is 5.91 Å². The van der Waals surface area contributed by atoms with Crippen LogP contribution in [0.4, 0.5) is 5.69 Å². The van der Waals surface area contributed by atoms with Crippen molar-refractivity contribution in [2.75, 3.05) is 18.5 Å². The summed E-state index contributed by atoms with van der Waals surface area (Å²) >= 11 is 11.7. The highest BCUT2D eigenvalue weighted by Gasteiger charge is 2.44. The summed E-state index contributed by atoms with van der Waals surface area (Å²) in [6, 6.07) is 5.04. The van der Waals surface area contributed by atoms with Crippen LogP contribution in [0.2, 0.25) is 10.0 Å². The van der Waals surface area contributed by atoms with Gasteiger partial charge in [0, 0.05) is 5.69 Å². The molecule has 1 aliphatic heterocycles. The minimum absolute atomic E-state index is 0.0235. The van der Waals surface area contributed by atoms with Crippen LogP contribution in [-0.2, 0) is 9.53 Å². The molecule has 1 N–H and O–H groups in total. The molecule has 0 bridgehead atoms. The molecule has 5 heteroatoms. The molecule has 0 saturated carbocycles. The van der Waals surface area contributed by atoms with Crippen molar-refractivity contribution < 1.29 is 9.53 Å². The molecule has 17 heavy (non-hydrogen) atoms. The average Bonchev–Trinajstić information content (AvgIpc) is 2.23. The standard InChI is InChI=1S/C12H13Cl2NO2/c1-2-12(6-17-7-12)11(16)15-8-3-4-9(13)10(14)5-8/h3-5H,2,6-7H2,1H3,(H,15,16). The van der Waals surface area contributed by atoms with Crippen molar-refractivity contribution in [2.45, 2.75) is 13.3 Å². The molecular weight excluding hydrogens is 261 g/mol. The van der Waals surface area contributed by atoms with Crippen LogP contribution in [0.25, 0.3) is 0 Å². The summed E-state index contributed by atoms with van der Waals surface area (Å²) in [5.74, 6) is -0.0235. The van der Waals surface area contributed by atoms with E-state index in [-0.39, 0.29) is 11.3 Å². The lowest BCUT2D eigenvalue weighted by Crippen LogP contribution is -2.51. The van der Waals surface area contributed by atoms with Gasteiger partial charge in [-0.3, -0.25) is 4.79 Å². The first kappa shape index (κ1) is 12.7. The maximum absolute atomic E-state index is 12.1. The van der Waals surface area contributed by atoms with Gasteiger partial charge < -0.3 is 10.1 Å². The Labute approximate surface area is 110 Å². The minimum atomic E-state index is -0.383. The monoisotopic (exact) mass is 273 g/mol. The lowest BCUT2D eigenvalue weighted by molar-refractivity contribution is -0.156. The van der Waals surface area contributed by atoms with E-state index < -0.39 is 0 Å². The molecule has 1 fully saturated rings. The van der Waals surface area contributed by atoms with Crippen molar-refractivity contribution in [1.29, 1.82) is 0 Å². The van der Waals surface area contributed by atoms with Crippen molar-refractivity contribution in [3.05, 3.63) is 28.2 Å². The number of hydrogen-bond donors (Lipinski definition) is 1. The number of benzene rings is 1. The Morgan fingerprint density at radius 3 is 2.59 bits per heavy atom. The van der Waals surface area contributed by atoms with Crippen molar-refractivity contribution >= 4 is 34.8 Å². The summed E-state index contributed by atoms with van der Waals surface area (Å²) in [5, 5.41) is 3.75. The van der Waals surface area contributed by atoms with E-state index in [1.54, 1.807) is 18.2 Å². The van der Waals surface area contributed by atoms with Gasteiger partial charge in [0.1, 0.15) is 0 Å². The van der Waals surface area contributed by atoms with Gasteiger partial charge in [-0.25, -0.2) is 0 Å². The third-order valence-corrected chi connectivity index (χ3v) is 3.83. The number of hydrogen-bond acceptors (Lipinski definition) is 2. The number of rotatable bonds is 3. The molecule has 92 valence electrons. The van der Waals surface area contributed by atoms with Gasteiger partial charge in [0.15, 0.2) is 0 Å². The Balaban J connectivity index is 2.10. The van der Waals surface area contributed by atoms with Crippen molar-refractivity contribution in [3.63, 3.8) is 0 Å². The topological polar surface area (TPSA) is 38.3 Å². The largest absolute Gasteiger partial charge is 0.379 e. The SMILES string of the molecule is CCC1(C(=O)Nc2ccc(Cl)c(Cl)c2)COC1. The predicted octanol–water partition coefficient (Wildman–Crippen LogP) is 3.36. The van der Waals surface area contributed by atoms with Crippen LogP contribution in [-0.4, -0.2) is 19.1 Å². The van der Waals surface area contributed by atoms with Crippen molar-refractivity contribution in [2.24, 2.45) is 5.41 Å². The number of carbonyl (C=O) groups excluding carboxylic acids is 1. The van der Waals surface area contributed by atoms with Crippen LogP contribution in [0.1, 0.15) is 13.3 Å². The second kappa shape index (κ2) is 4.84. The third-order valence-electron chi connectivity index (χ3n) is 3.09. The average molecular weight is 274 g/mol. The number of nitrogens with one attached hydrogen (secondary N) is 1. The summed E-state index contributed by atoms with van der Waals surface area (Å²) in [6.45, 7) is 2.95. The second-order valence-corrected chi connectivity index (χ2v) is 5.02. The quantitative estimate of drug-likeness (QED) is 0.917. The molecule has 1 amide bonds. The predicted molar refractivity (Wildman–Crippen MR) is 68.6 cm³/mol. The number of ether oxygens (including phenoxy) is 1. The Morgan fingerprint density at radius 1 is 1.41 bits per heavy atom. The summed E-state index contributed by atoms with van der Waals surface area (Å²) in [6.07, 6.45) is 0.764. The molecule has 1 aliphatic rings. The fraction of sp³-hybridized carbons (Fsp3) is 0.417. The lowest BCUT2D eigenvalue weighted by Gasteiger charge is -2.38. The van der Waals surface area contributed by atoms with Gasteiger partial charge in [0.05, 0.1) is 28.7 Å². The number of halogens is 2. The molecule has 0 unspecified atom stereocenters. The highest BCUT2D eigenvalue weighted by atomic mass is 35.5. The maximum Gasteiger partial charge on any atom is 0.235 e. The molecule has 2 rings (SSSR count). The Hall–Kier alpha value is -0.770. The van der Waals surface area contributed by atoms with Crippen molar-refractivity contribution in [3.8, 4) is 0 Å². The van der Waals surface area contributed by atoms with E-state index in [0.29, 0.717) is 28.9 Å². The van der Waals surface area contributed by atoms with Gasteiger partial charge in [-0.05, 0) is 24.6 Å². The summed E-state index contributed by atoms with van der Waals surface area (Å²) in [5.41, 5.74) is 0.274. The van der Waals surface area contributed by atoms with E-state index in [9.17, 15) is 4.79 Å². The maximum atomic E-state index is 12.1. The molecule has 3 nitrogen and oxygen atoms in total. The van der Waals surface area contributed by atoms with Crippen molar-refractivity contribution in [1.82, 2.24) is 0 Å². The molecule has 0 aliphatic carbocycles. The van der Waals surface area contributed by atoms with Gasteiger partial charge in [0.25, 0.3) is 0 Å². The number of anilines is 1. The van der Waals surface area contributed by atoms with Crippen LogP contribution in [0, 0.1) is 5.41 Å². The highest BCUT2D eigenvalue weighted by molar-refractivity contribution is 6.42. The Morgan fingerprint density at radius 2 is 2.12 bits per heavy atom. The molecule has 0 spiro atoms. The Kier molecular flexibility index (Phi) is 3.61. The van der Waals surface area contributed by atoms with Gasteiger partial charge >= 0.3 is 0 Å².